The molecule has 2 N–H and O–H groups in total. The summed E-state index contributed by atoms with van der Waals surface area (Å²) in [7, 11) is 3.73. The third-order valence-electron chi connectivity index (χ3n) is 4.02. The van der Waals surface area contributed by atoms with Crippen molar-refractivity contribution in [3.63, 3.8) is 0 Å². The van der Waals surface area contributed by atoms with Crippen LogP contribution < -0.4 is 10.6 Å². The van der Waals surface area contributed by atoms with Gasteiger partial charge in [0.25, 0.3) is 0 Å². The molecule has 0 saturated carbocycles. The van der Waals surface area contributed by atoms with E-state index in [4.69, 9.17) is 11.6 Å². The van der Waals surface area contributed by atoms with Crippen molar-refractivity contribution in [2.75, 3.05) is 7.05 Å². The van der Waals surface area contributed by atoms with E-state index >= 15 is 0 Å². The zero-order valence-electron chi connectivity index (χ0n) is 14.7. The number of hydrogen-bond acceptors (Lipinski definition) is 2. The summed E-state index contributed by atoms with van der Waals surface area (Å²) in [6.45, 7) is 6.86. The highest BCUT2D eigenvalue weighted by Gasteiger charge is 2.11. The molecule has 1 heterocycles. The minimum atomic E-state index is 0. The number of guanidine groups is 1. The Bertz CT molecular complexity index is 711. The number of benzene rings is 1. The van der Waals surface area contributed by atoms with Gasteiger partial charge in [-0.2, -0.15) is 5.10 Å². The quantitative estimate of drug-likeness (QED) is 0.414. The second kappa shape index (κ2) is 9.27. The number of aliphatic imine (C=N–C) groups is 1. The van der Waals surface area contributed by atoms with Crippen LogP contribution >= 0.6 is 35.6 Å². The predicted octanol–water partition coefficient (Wildman–Crippen LogP) is 3.73. The predicted molar refractivity (Wildman–Crippen MR) is 111 cm³/mol. The Balaban J connectivity index is 0.00000288. The van der Waals surface area contributed by atoms with Crippen LogP contribution in [0.25, 0.3) is 0 Å². The maximum Gasteiger partial charge on any atom is 0.191 e. The molecule has 0 aliphatic heterocycles. The normalized spacial score (nSPS) is 12.5. The molecule has 0 radical (unpaired) electrons. The standard InChI is InChI=1S/C17H24ClN5.HI/c1-11(14-7-6-8-15(18)9-14)21-17(19-4)20-10-16-12(2)22-23(5)13(16)3;/h6-9,11H,10H2,1-5H3,(H2,19,20,21);1H. The summed E-state index contributed by atoms with van der Waals surface area (Å²) in [5.41, 5.74) is 4.52. The lowest BCUT2D eigenvalue weighted by molar-refractivity contribution is 0.684. The molecule has 0 amide bonds. The smallest absolute Gasteiger partial charge is 0.191 e. The van der Waals surface area contributed by atoms with E-state index in [0.29, 0.717) is 6.54 Å². The van der Waals surface area contributed by atoms with Gasteiger partial charge < -0.3 is 10.6 Å². The van der Waals surface area contributed by atoms with Gasteiger partial charge in [0.2, 0.25) is 0 Å². The lowest BCUT2D eigenvalue weighted by Gasteiger charge is -2.18. The van der Waals surface area contributed by atoms with E-state index in [0.717, 1.165) is 27.9 Å². The molecule has 132 valence electrons. The molecule has 1 atom stereocenters. The third-order valence-corrected chi connectivity index (χ3v) is 4.25. The van der Waals surface area contributed by atoms with Gasteiger partial charge in [-0.3, -0.25) is 9.67 Å². The van der Waals surface area contributed by atoms with Gasteiger partial charge in [-0.25, -0.2) is 0 Å². The minimum Gasteiger partial charge on any atom is -0.352 e. The molecule has 0 aliphatic rings. The molecule has 0 saturated heterocycles. The Labute approximate surface area is 165 Å². The van der Waals surface area contributed by atoms with Crippen LogP contribution in [0, 0.1) is 13.8 Å². The second-order valence-electron chi connectivity index (χ2n) is 5.62. The average Bonchev–Trinajstić information content (AvgIpc) is 2.76. The van der Waals surface area contributed by atoms with Gasteiger partial charge in [0, 0.05) is 36.9 Å². The molecule has 1 aromatic heterocycles. The van der Waals surface area contributed by atoms with E-state index in [-0.39, 0.29) is 30.0 Å². The number of rotatable bonds is 4. The second-order valence-corrected chi connectivity index (χ2v) is 6.06. The lowest BCUT2D eigenvalue weighted by atomic mass is 10.1. The maximum absolute atomic E-state index is 6.05. The fraction of sp³-hybridized carbons (Fsp3) is 0.412. The number of halogens is 2. The van der Waals surface area contributed by atoms with E-state index in [9.17, 15) is 0 Å². The first-order valence-corrected chi connectivity index (χ1v) is 8.02. The van der Waals surface area contributed by atoms with Crippen molar-refractivity contribution in [1.29, 1.82) is 0 Å². The monoisotopic (exact) mass is 461 g/mol. The first kappa shape index (κ1) is 20.8. The Morgan fingerprint density at radius 2 is 2.08 bits per heavy atom. The summed E-state index contributed by atoms with van der Waals surface area (Å²) in [5.74, 6) is 0.750. The Morgan fingerprint density at radius 3 is 2.62 bits per heavy atom. The van der Waals surface area contributed by atoms with Crippen LogP contribution in [0.15, 0.2) is 29.3 Å². The highest BCUT2D eigenvalue weighted by atomic mass is 127. The Kier molecular flexibility index (Phi) is 8.02. The number of hydrogen-bond donors (Lipinski definition) is 2. The average molecular weight is 462 g/mol. The van der Waals surface area contributed by atoms with Crippen molar-refractivity contribution in [3.8, 4) is 0 Å². The minimum absolute atomic E-state index is 0. The lowest BCUT2D eigenvalue weighted by Crippen LogP contribution is -2.38. The summed E-state index contributed by atoms with van der Waals surface area (Å²) in [5, 5.41) is 11.9. The summed E-state index contributed by atoms with van der Waals surface area (Å²) in [6.07, 6.45) is 0. The van der Waals surface area contributed by atoms with Gasteiger partial charge in [0.1, 0.15) is 0 Å². The van der Waals surface area contributed by atoms with Crippen molar-refractivity contribution >= 4 is 41.5 Å². The molecule has 0 bridgehead atoms. The third kappa shape index (κ3) is 5.11. The summed E-state index contributed by atoms with van der Waals surface area (Å²) < 4.78 is 1.90. The molecule has 2 rings (SSSR count). The van der Waals surface area contributed by atoms with Gasteiger partial charge in [-0.15, -0.1) is 24.0 Å². The number of aryl methyl sites for hydroxylation is 2. The molecule has 1 aromatic carbocycles. The van der Waals surface area contributed by atoms with E-state index in [1.807, 2.05) is 42.9 Å². The Hall–Kier alpha value is -1.28. The van der Waals surface area contributed by atoms with Gasteiger partial charge >= 0.3 is 0 Å². The largest absolute Gasteiger partial charge is 0.352 e. The highest BCUT2D eigenvalue weighted by Crippen LogP contribution is 2.17. The summed E-state index contributed by atoms with van der Waals surface area (Å²) in [6, 6.07) is 7.94. The molecular weight excluding hydrogens is 437 g/mol. The molecule has 0 aliphatic carbocycles. The number of nitrogens with zero attached hydrogens (tertiary/aromatic N) is 3. The first-order chi connectivity index (χ1) is 10.9. The molecule has 0 fully saturated rings. The van der Waals surface area contributed by atoms with Gasteiger partial charge in [0.15, 0.2) is 5.96 Å². The van der Waals surface area contributed by atoms with Crippen LogP contribution in [0.5, 0.6) is 0 Å². The molecule has 1 unspecified atom stereocenters. The molecule has 0 spiro atoms. The first-order valence-electron chi connectivity index (χ1n) is 7.64. The van der Waals surface area contributed by atoms with Crippen molar-refractivity contribution in [3.05, 3.63) is 51.8 Å². The van der Waals surface area contributed by atoms with Gasteiger partial charge in [0.05, 0.1) is 11.7 Å². The van der Waals surface area contributed by atoms with Gasteiger partial charge in [-0.1, -0.05) is 23.7 Å². The van der Waals surface area contributed by atoms with Crippen molar-refractivity contribution < 1.29 is 0 Å². The number of nitrogens with one attached hydrogen (secondary N) is 2. The maximum atomic E-state index is 6.05. The molecule has 24 heavy (non-hydrogen) atoms. The van der Waals surface area contributed by atoms with Gasteiger partial charge in [-0.05, 0) is 38.5 Å². The van der Waals surface area contributed by atoms with Crippen LogP contribution in [-0.2, 0) is 13.6 Å². The van der Waals surface area contributed by atoms with Crippen molar-refractivity contribution in [1.82, 2.24) is 20.4 Å². The van der Waals surface area contributed by atoms with E-state index < -0.39 is 0 Å². The highest BCUT2D eigenvalue weighted by molar-refractivity contribution is 14.0. The Morgan fingerprint density at radius 1 is 1.38 bits per heavy atom. The van der Waals surface area contributed by atoms with Crippen molar-refractivity contribution in [2.45, 2.75) is 33.4 Å². The number of aromatic nitrogens is 2. The van der Waals surface area contributed by atoms with E-state index in [1.165, 1.54) is 5.56 Å². The molecule has 7 heteroatoms. The van der Waals surface area contributed by atoms with Crippen LogP contribution in [0.3, 0.4) is 0 Å². The molecular formula is C17H25ClIN5. The molecule has 5 nitrogen and oxygen atoms in total. The van der Waals surface area contributed by atoms with E-state index in [1.54, 1.807) is 7.05 Å². The van der Waals surface area contributed by atoms with Crippen LogP contribution in [0.1, 0.15) is 35.5 Å². The summed E-state index contributed by atoms with van der Waals surface area (Å²) in [4.78, 5) is 4.29. The zero-order valence-corrected chi connectivity index (χ0v) is 17.8. The van der Waals surface area contributed by atoms with Crippen LogP contribution in [0.2, 0.25) is 5.02 Å². The fourth-order valence-corrected chi connectivity index (χ4v) is 2.70. The summed E-state index contributed by atoms with van der Waals surface area (Å²) >= 11 is 6.05. The van der Waals surface area contributed by atoms with Crippen LogP contribution in [-0.4, -0.2) is 22.8 Å². The van der Waals surface area contributed by atoms with E-state index in [2.05, 4.69) is 34.6 Å². The topological polar surface area (TPSA) is 54.2 Å². The van der Waals surface area contributed by atoms with Crippen LogP contribution in [0.4, 0.5) is 0 Å². The SMILES string of the molecule is CN=C(NCc1c(C)nn(C)c1C)NC(C)c1cccc(Cl)c1.I. The molecule has 2 aromatic rings. The fourth-order valence-electron chi connectivity index (χ4n) is 2.50. The zero-order chi connectivity index (χ0) is 17.0. The van der Waals surface area contributed by atoms with Crippen molar-refractivity contribution in [2.24, 2.45) is 12.0 Å².